The molecule has 0 bridgehead atoms. The maximum atomic E-state index is 12.5. The van der Waals surface area contributed by atoms with E-state index in [-0.39, 0.29) is 0 Å². The standard InChI is InChI=1S/C21H26N4O5/c1-28-17-4-2-16(3-5-17)18-14-22-19(30-18)15-23-6-8-24(9-7-23)20(26)21(27)25-10-12-29-13-11-25/h2-5,14H,6-13,15H2,1H3. The fraction of sp³-hybridized carbons (Fsp3) is 0.476. The molecule has 4 rings (SSSR count). The van der Waals surface area contributed by atoms with Gasteiger partial charge in [0.15, 0.2) is 5.76 Å². The summed E-state index contributed by atoms with van der Waals surface area (Å²) in [6.45, 7) is 4.86. The number of hydrogen-bond acceptors (Lipinski definition) is 7. The molecule has 30 heavy (non-hydrogen) atoms. The third kappa shape index (κ3) is 4.63. The quantitative estimate of drug-likeness (QED) is 0.686. The van der Waals surface area contributed by atoms with Gasteiger partial charge in [0.2, 0.25) is 5.89 Å². The zero-order valence-electron chi connectivity index (χ0n) is 17.1. The van der Waals surface area contributed by atoms with E-state index < -0.39 is 11.8 Å². The zero-order chi connectivity index (χ0) is 20.9. The Labute approximate surface area is 175 Å². The normalized spacial score (nSPS) is 17.8. The lowest BCUT2D eigenvalue weighted by Gasteiger charge is -2.35. The molecule has 160 valence electrons. The number of nitrogens with zero attached hydrogens (tertiary/aromatic N) is 4. The highest BCUT2D eigenvalue weighted by molar-refractivity contribution is 6.34. The SMILES string of the molecule is COc1ccc(-c2cnc(CN3CCN(C(=O)C(=O)N4CCOCC4)CC3)o2)cc1. The van der Waals surface area contributed by atoms with E-state index in [0.29, 0.717) is 70.7 Å². The summed E-state index contributed by atoms with van der Waals surface area (Å²) >= 11 is 0. The monoisotopic (exact) mass is 414 g/mol. The van der Waals surface area contributed by atoms with Crippen LogP contribution in [-0.4, -0.2) is 91.1 Å². The van der Waals surface area contributed by atoms with Crippen LogP contribution in [0, 0.1) is 0 Å². The maximum absolute atomic E-state index is 12.5. The molecule has 0 radical (unpaired) electrons. The van der Waals surface area contributed by atoms with Crippen LogP contribution in [0.15, 0.2) is 34.9 Å². The molecule has 2 saturated heterocycles. The first-order valence-corrected chi connectivity index (χ1v) is 10.1. The van der Waals surface area contributed by atoms with Gasteiger partial charge in [-0.1, -0.05) is 0 Å². The number of hydrogen-bond donors (Lipinski definition) is 0. The summed E-state index contributed by atoms with van der Waals surface area (Å²) in [6.07, 6.45) is 1.72. The van der Waals surface area contributed by atoms with Crippen LogP contribution in [0.3, 0.4) is 0 Å². The number of carbonyl (C=O) groups excluding carboxylic acids is 2. The minimum atomic E-state index is -0.427. The molecule has 0 saturated carbocycles. The molecular formula is C21H26N4O5. The van der Waals surface area contributed by atoms with Gasteiger partial charge < -0.3 is 23.7 Å². The van der Waals surface area contributed by atoms with Crippen molar-refractivity contribution in [2.75, 3.05) is 59.6 Å². The first-order chi connectivity index (χ1) is 14.6. The van der Waals surface area contributed by atoms with Crippen LogP contribution in [0.1, 0.15) is 5.89 Å². The fourth-order valence-corrected chi connectivity index (χ4v) is 3.61. The number of aromatic nitrogens is 1. The van der Waals surface area contributed by atoms with Gasteiger partial charge in [0.25, 0.3) is 0 Å². The second kappa shape index (κ2) is 9.27. The summed E-state index contributed by atoms with van der Waals surface area (Å²) < 4.78 is 16.3. The molecule has 0 spiro atoms. The van der Waals surface area contributed by atoms with Crippen LogP contribution in [0.2, 0.25) is 0 Å². The number of methoxy groups -OCH3 is 1. The average Bonchev–Trinajstić information content (AvgIpc) is 3.27. The highest BCUT2D eigenvalue weighted by Gasteiger charge is 2.30. The van der Waals surface area contributed by atoms with Gasteiger partial charge in [0.05, 0.1) is 33.1 Å². The molecule has 3 heterocycles. The van der Waals surface area contributed by atoms with Crippen molar-refractivity contribution >= 4 is 11.8 Å². The van der Waals surface area contributed by atoms with Gasteiger partial charge in [-0.05, 0) is 24.3 Å². The molecule has 0 aliphatic carbocycles. The molecule has 0 unspecified atom stereocenters. The Morgan fingerprint density at radius 2 is 1.60 bits per heavy atom. The molecule has 1 aromatic heterocycles. The highest BCUT2D eigenvalue weighted by atomic mass is 16.5. The Hall–Kier alpha value is -2.91. The number of piperazine rings is 1. The van der Waals surface area contributed by atoms with Crippen LogP contribution in [0.5, 0.6) is 5.75 Å². The van der Waals surface area contributed by atoms with Crippen molar-refractivity contribution in [1.29, 1.82) is 0 Å². The van der Waals surface area contributed by atoms with E-state index in [1.54, 1.807) is 23.1 Å². The molecular weight excluding hydrogens is 388 g/mol. The first-order valence-electron chi connectivity index (χ1n) is 10.1. The van der Waals surface area contributed by atoms with Gasteiger partial charge >= 0.3 is 11.8 Å². The summed E-state index contributed by atoms with van der Waals surface area (Å²) in [5, 5.41) is 0. The summed E-state index contributed by atoms with van der Waals surface area (Å²) in [6, 6.07) is 7.62. The van der Waals surface area contributed by atoms with Crippen LogP contribution in [0.4, 0.5) is 0 Å². The van der Waals surface area contributed by atoms with Crippen molar-refractivity contribution in [2.45, 2.75) is 6.54 Å². The Morgan fingerprint density at radius 3 is 2.23 bits per heavy atom. The van der Waals surface area contributed by atoms with Crippen molar-refractivity contribution in [3.05, 3.63) is 36.4 Å². The maximum Gasteiger partial charge on any atom is 0.312 e. The van der Waals surface area contributed by atoms with Crippen LogP contribution in [0.25, 0.3) is 11.3 Å². The molecule has 2 fully saturated rings. The van der Waals surface area contributed by atoms with Crippen molar-refractivity contribution in [2.24, 2.45) is 0 Å². The van der Waals surface area contributed by atoms with E-state index in [9.17, 15) is 9.59 Å². The predicted octanol–water partition coefficient (Wildman–Crippen LogP) is 0.853. The summed E-state index contributed by atoms with van der Waals surface area (Å²) in [5.41, 5.74) is 0.937. The number of oxazole rings is 1. The lowest BCUT2D eigenvalue weighted by molar-refractivity contribution is -0.155. The lowest BCUT2D eigenvalue weighted by Crippen LogP contribution is -2.54. The van der Waals surface area contributed by atoms with Crippen LogP contribution >= 0.6 is 0 Å². The van der Waals surface area contributed by atoms with Gasteiger partial charge in [-0.2, -0.15) is 0 Å². The van der Waals surface area contributed by atoms with Crippen molar-refractivity contribution in [1.82, 2.24) is 19.7 Å². The second-order valence-corrected chi connectivity index (χ2v) is 7.32. The number of rotatable bonds is 4. The zero-order valence-corrected chi connectivity index (χ0v) is 17.1. The van der Waals surface area contributed by atoms with Crippen molar-refractivity contribution < 1.29 is 23.5 Å². The molecule has 2 aromatic rings. The number of ether oxygens (including phenoxy) is 2. The minimum absolute atomic E-state index is 0.422. The summed E-state index contributed by atoms with van der Waals surface area (Å²) in [7, 11) is 1.63. The molecule has 9 nitrogen and oxygen atoms in total. The highest BCUT2D eigenvalue weighted by Crippen LogP contribution is 2.23. The summed E-state index contributed by atoms with van der Waals surface area (Å²) in [4.78, 5) is 34.6. The van der Waals surface area contributed by atoms with E-state index in [4.69, 9.17) is 13.9 Å². The Morgan fingerprint density at radius 1 is 0.967 bits per heavy atom. The van der Waals surface area contributed by atoms with E-state index in [2.05, 4.69) is 9.88 Å². The largest absolute Gasteiger partial charge is 0.497 e. The topological polar surface area (TPSA) is 88.4 Å². The number of benzene rings is 1. The number of morpholine rings is 1. The first kappa shape index (κ1) is 20.4. The van der Waals surface area contributed by atoms with E-state index in [0.717, 1.165) is 11.3 Å². The van der Waals surface area contributed by atoms with E-state index >= 15 is 0 Å². The average molecular weight is 414 g/mol. The summed E-state index contributed by atoms with van der Waals surface area (Å²) in [5.74, 6) is 1.28. The van der Waals surface area contributed by atoms with E-state index in [1.165, 1.54) is 0 Å². The van der Waals surface area contributed by atoms with Gasteiger partial charge in [-0.15, -0.1) is 0 Å². The second-order valence-electron chi connectivity index (χ2n) is 7.32. The third-order valence-corrected chi connectivity index (χ3v) is 5.43. The van der Waals surface area contributed by atoms with Gasteiger partial charge in [0.1, 0.15) is 5.75 Å². The Kier molecular flexibility index (Phi) is 6.29. The minimum Gasteiger partial charge on any atom is -0.497 e. The molecule has 0 atom stereocenters. The molecule has 2 aliphatic rings. The van der Waals surface area contributed by atoms with Gasteiger partial charge in [-0.3, -0.25) is 14.5 Å². The van der Waals surface area contributed by atoms with Gasteiger partial charge in [-0.25, -0.2) is 4.98 Å². The van der Waals surface area contributed by atoms with Crippen LogP contribution < -0.4 is 4.74 Å². The predicted molar refractivity (Wildman–Crippen MR) is 108 cm³/mol. The Balaban J connectivity index is 1.28. The van der Waals surface area contributed by atoms with Crippen molar-refractivity contribution in [3.8, 4) is 17.1 Å². The fourth-order valence-electron chi connectivity index (χ4n) is 3.61. The number of amides is 2. The van der Waals surface area contributed by atoms with Crippen LogP contribution in [-0.2, 0) is 20.9 Å². The lowest BCUT2D eigenvalue weighted by atomic mass is 10.2. The molecule has 0 N–H and O–H groups in total. The van der Waals surface area contributed by atoms with E-state index in [1.807, 2.05) is 24.3 Å². The van der Waals surface area contributed by atoms with Crippen molar-refractivity contribution in [3.63, 3.8) is 0 Å². The van der Waals surface area contributed by atoms with Gasteiger partial charge in [0, 0.05) is 44.8 Å². The Bertz CT molecular complexity index is 868. The smallest absolute Gasteiger partial charge is 0.312 e. The molecule has 1 aromatic carbocycles. The third-order valence-electron chi connectivity index (χ3n) is 5.43. The molecule has 9 heteroatoms. The molecule has 2 amide bonds. The number of carbonyl (C=O) groups is 2. The molecule has 2 aliphatic heterocycles.